The van der Waals surface area contributed by atoms with Crippen LogP contribution in [0.5, 0.6) is 5.75 Å². The van der Waals surface area contributed by atoms with E-state index in [0.29, 0.717) is 6.42 Å². The first-order chi connectivity index (χ1) is 21.9. The minimum Gasteiger partial charge on any atom is -0.497 e. The summed E-state index contributed by atoms with van der Waals surface area (Å²) < 4.78 is 37.3. The maximum atomic E-state index is 13.2. The lowest BCUT2D eigenvalue weighted by Crippen LogP contribution is -2.32. The number of benzene rings is 5. The lowest BCUT2D eigenvalue weighted by atomic mass is 9.82. The van der Waals surface area contributed by atoms with Gasteiger partial charge in [0.15, 0.2) is 0 Å². The van der Waals surface area contributed by atoms with E-state index in [-0.39, 0.29) is 11.4 Å². The normalized spacial score (nSPS) is 13.9. The zero-order chi connectivity index (χ0) is 31.0. The first kappa shape index (κ1) is 28.8. The average Bonchev–Trinajstić information content (AvgIpc) is 3.60. The molecule has 0 unspecified atom stereocenters. The largest absolute Gasteiger partial charge is 0.497 e. The van der Waals surface area contributed by atoms with Crippen LogP contribution in [0.15, 0.2) is 144 Å². The van der Waals surface area contributed by atoms with Gasteiger partial charge in [-0.15, -0.1) is 0 Å². The van der Waals surface area contributed by atoms with Gasteiger partial charge in [0.05, 0.1) is 23.2 Å². The van der Waals surface area contributed by atoms with Crippen LogP contribution in [0.2, 0.25) is 0 Å². The van der Waals surface area contributed by atoms with E-state index in [0.717, 1.165) is 55.7 Å². The number of sulfonamides is 1. The van der Waals surface area contributed by atoms with E-state index in [9.17, 15) is 8.42 Å². The molecule has 0 spiro atoms. The van der Waals surface area contributed by atoms with E-state index < -0.39 is 15.6 Å². The Balaban J connectivity index is 1.44. The van der Waals surface area contributed by atoms with Gasteiger partial charge in [0.1, 0.15) is 11.3 Å². The van der Waals surface area contributed by atoms with Crippen LogP contribution in [0, 0.1) is 6.92 Å². The zero-order valence-corrected chi connectivity index (χ0v) is 26.1. The topological polar surface area (TPSA) is 60.3 Å². The summed E-state index contributed by atoms with van der Waals surface area (Å²) >= 11 is 0. The van der Waals surface area contributed by atoms with Crippen LogP contribution in [0.1, 0.15) is 33.5 Å². The number of aryl methyl sites for hydroxylation is 1. The molecule has 0 saturated heterocycles. The number of para-hydroxylation sites is 1. The van der Waals surface area contributed by atoms with E-state index >= 15 is 0 Å². The second kappa shape index (κ2) is 11.5. The van der Waals surface area contributed by atoms with E-state index in [1.165, 1.54) is 0 Å². The van der Waals surface area contributed by atoms with Gasteiger partial charge in [-0.1, -0.05) is 109 Å². The molecule has 6 aromatic rings. The molecule has 0 radical (unpaired) electrons. The Bertz CT molecular complexity index is 2080. The van der Waals surface area contributed by atoms with Crippen molar-refractivity contribution >= 4 is 26.5 Å². The Morgan fingerprint density at radius 3 is 1.96 bits per heavy atom. The van der Waals surface area contributed by atoms with Crippen molar-refractivity contribution in [2.24, 2.45) is 0 Å². The van der Waals surface area contributed by atoms with Crippen LogP contribution < -0.4 is 9.46 Å². The standard InChI is InChI=1S/C39H34N2O3S/c1-28-17-23-33(24-18-28)45(42,43)40-26-25-35-34-15-9-10-16-37(34)41-38(35)36(29-19-21-32(44-2)22-20-29)27-39(41,30-11-5-3-6-12-30)31-13-7-4-8-14-31/h3-24,27,40H,25-26H2,1-2H3. The van der Waals surface area contributed by atoms with Crippen LogP contribution in [0.3, 0.4) is 0 Å². The smallest absolute Gasteiger partial charge is 0.240 e. The summed E-state index contributed by atoms with van der Waals surface area (Å²) in [5.41, 5.74) is 8.12. The van der Waals surface area contributed by atoms with Gasteiger partial charge in [0.25, 0.3) is 0 Å². The highest BCUT2D eigenvalue weighted by atomic mass is 32.2. The molecule has 5 aromatic carbocycles. The number of hydrogen-bond acceptors (Lipinski definition) is 3. The van der Waals surface area contributed by atoms with Crippen molar-refractivity contribution in [3.05, 3.63) is 173 Å². The molecule has 1 aliphatic heterocycles. The average molecular weight is 611 g/mol. The molecule has 1 aliphatic rings. The number of methoxy groups -OCH3 is 1. The highest BCUT2D eigenvalue weighted by Gasteiger charge is 2.44. The fourth-order valence-corrected chi connectivity index (χ4v) is 7.66. The van der Waals surface area contributed by atoms with Crippen molar-refractivity contribution in [3.8, 4) is 5.75 Å². The Morgan fingerprint density at radius 2 is 1.33 bits per heavy atom. The Kier molecular flexibility index (Phi) is 7.40. The minimum atomic E-state index is -3.67. The monoisotopic (exact) mass is 610 g/mol. The molecule has 0 saturated carbocycles. The van der Waals surface area contributed by atoms with Crippen LogP contribution in [-0.2, 0) is 22.0 Å². The Hall–Kier alpha value is -4.91. The van der Waals surface area contributed by atoms with Crippen molar-refractivity contribution in [3.63, 3.8) is 0 Å². The summed E-state index contributed by atoms with van der Waals surface area (Å²) in [6, 6.07) is 44.8. The van der Waals surface area contributed by atoms with Gasteiger partial charge in [0, 0.05) is 17.5 Å². The molecular formula is C39H34N2O3S. The molecule has 45 heavy (non-hydrogen) atoms. The van der Waals surface area contributed by atoms with Crippen molar-refractivity contribution in [2.45, 2.75) is 23.8 Å². The summed E-state index contributed by atoms with van der Waals surface area (Å²) in [6.07, 6.45) is 2.89. The molecule has 5 nitrogen and oxygen atoms in total. The summed E-state index contributed by atoms with van der Waals surface area (Å²) in [5.74, 6) is 0.793. The van der Waals surface area contributed by atoms with E-state index in [4.69, 9.17) is 4.74 Å². The highest BCUT2D eigenvalue weighted by molar-refractivity contribution is 7.89. The molecule has 6 heteroatoms. The maximum Gasteiger partial charge on any atom is 0.240 e. The summed E-state index contributed by atoms with van der Waals surface area (Å²) in [6.45, 7) is 2.21. The lowest BCUT2D eigenvalue weighted by Gasteiger charge is -2.33. The molecule has 0 fully saturated rings. The number of allylic oxidation sites excluding steroid dienone is 1. The van der Waals surface area contributed by atoms with E-state index in [2.05, 4.69) is 100 Å². The van der Waals surface area contributed by atoms with Gasteiger partial charge in [0.2, 0.25) is 10.0 Å². The third kappa shape index (κ3) is 4.96. The number of fused-ring (bicyclic) bond motifs is 3. The lowest BCUT2D eigenvalue weighted by molar-refractivity contribution is 0.415. The fraction of sp³-hybridized carbons (Fsp3) is 0.128. The number of aromatic nitrogens is 1. The Labute approximate surface area is 264 Å². The first-order valence-corrected chi connectivity index (χ1v) is 16.6. The van der Waals surface area contributed by atoms with Crippen molar-refractivity contribution < 1.29 is 13.2 Å². The molecule has 2 heterocycles. The highest BCUT2D eigenvalue weighted by Crippen LogP contribution is 2.51. The van der Waals surface area contributed by atoms with Gasteiger partial charge in [-0.25, -0.2) is 13.1 Å². The SMILES string of the molecule is COc1ccc(C2=CC(c3ccccc3)(c3ccccc3)n3c2c(CCNS(=O)(=O)c2ccc(C)cc2)c2ccccc23)cc1. The predicted octanol–water partition coefficient (Wildman–Crippen LogP) is 7.72. The van der Waals surface area contributed by atoms with Gasteiger partial charge < -0.3 is 9.30 Å². The maximum absolute atomic E-state index is 13.2. The summed E-state index contributed by atoms with van der Waals surface area (Å²) in [4.78, 5) is 0.269. The molecule has 1 N–H and O–H groups in total. The van der Waals surface area contributed by atoms with Crippen LogP contribution in [-0.4, -0.2) is 26.6 Å². The van der Waals surface area contributed by atoms with Gasteiger partial charge in [-0.3, -0.25) is 0 Å². The first-order valence-electron chi connectivity index (χ1n) is 15.1. The number of rotatable bonds is 9. The van der Waals surface area contributed by atoms with Crippen LogP contribution >= 0.6 is 0 Å². The van der Waals surface area contributed by atoms with Crippen LogP contribution in [0.4, 0.5) is 0 Å². The number of nitrogens with one attached hydrogen (secondary N) is 1. The van der Waals surface area contributed by atoms with Crippen molar-refractivity contribution in [1.82, 2.24) is 9.29 Å². The summed E-state index contributed by atoms with van der Waals surface area (Å²) in [7, 11) is -1.99. The third-order valence-corrected chi connectivity index (χ3v) is 10.2. The Morgan fingerprint density at radius 1 is 0.733 bits per heavy atom. The fourth-order valence-electron chi connectivity index (χ4n) is 6.63. The second-order valence-electron chi connectivity index (χ2n) is 11.4. The summed E-state index contributed by atoms with van der Waals surface area (Å²) in [5, 5.41) is 1.11. The minimum absolute atomic E-state index is 0.261. The predicted molar refractivity (Wildman–Crippen MR) is 181 cm³/mol. The second-order valence-corrected chi connectivity index (χ2v) is 13.2. The molecular weight excluding hydrogens is 577 g/mol. The molecule has 0 bridgehead atoms. The molecule has 1 aromatic heterocycles. The molecule has 7 rings (SSSR count). The van der Waals surface area contributed by atoms with E-state index in [1.807, 2.05) is 43.3 Å². The van der Waals surface area contributed by atoms with Gasteiger partial charge in [-0.05, 0) is 72.0 Å². The third-order valence-electron chi connectivity index (χ3n) is 8.77. The number of ether oxygens (including phenoxy) is 1. The number of hydrogen-bond donors (Lipinski definition) is 1. The van der Waals surface area contributed by atoms with Crippen molar-refractivity contribution in [1.29, 1.82) is 0 Å². The molecule has 224 valence electrons. The van der Waals surface area contributed by atoms with Gasteiger partial charge in [-0.2, -0.15) is 0 Å². The molecule has 0 aliphatic carbocycles. The van der Waals surface area contributed by atoms with E-state index in [1.54, 1.807) is 19.2 Å². The van der Waals surface area contributed by atoms with Crippen molar-refractivity contribution in [2.75, 3.05) is 13.7 Å². The zero-order valence-electron chi connectivity index (χ0n) is 25.3. The van der Waals surface area contributed by atoms with Crippen LogP contribution in [0.25, 0.3) is 16.5 Å². The van der Waals surface area contributed by atoms with Gasteiger partial charge >= 0.3 is 0 Å². The molecule has 0 atom stereocenters. The molecule has 0 amide bonds. The number of nitrogens with zero attached hydrogens (tertiary/aromatic N) is 1. The quantitative estimate of drug-likeness (QED) is 0.182.